The lowest BCUT2D eigenvalue weighted by atomic mass is 10.1. The first-order valence-corrected chi connectivity index (χ1v) is 8.54. The average molecular weight is 359 g/mol. The highest BCUT2D eigenvalue weighted by atomic mass is 19.1. The fraction of sp³-hybridized carbons (Fsp3) is 0.350. The molecule has 0 saturated carbocycles. The van der Waals surface area contributed by atoms with Gasteiger partial charge in [0.2, 0.25) is 0 Å². The quantitative estimate of drug-likeness (QED) is 0.862. The van der Waals surface area contributed by atoms with Crippen LogP contribution in [0.1, 0.15) is 22.3 Å². The number of ether oxygens (including phenoxy) is 3. The number of nitrogens with one attached hydrogen (secondary N) is 1. The van der Waals surface area contributed by atoms with Gasteiger partial charge >= 0.3 is 0 Å². The van der Waals surface area contributed by atoms with E-state index in [9.17, 15) is 9.18 Å². The van der Waals surface area contributed by atoms with E-state index in [1.54, 1.807) is 43.5 Å². The first-order chi connectivity index (χ1) is 12.7. The van der Waals surface area contributed by atoms with Gasteiger partial charge in [-0.1, -0.05) is 18.2 Å². The lowest BCUT2D eigenvalue weighted by molar-refractivity contribution is -0.0349. The van der Waals surface area contributed by atoms with Gasteiger partial charge in [0.25, 0.3) is 5.91 Å². The van der Waals surface area contributed by atoms with Crippen molar-refractivity contribution in [1.29, 1.82) is 0 Å². The van der Waals surface area contributed by atoms with Gasteiger partial charge in [0.15, 0.2) is 0 Å². The number of rotatable bonds is 6. The Kier molecular flexibility index (Phi) is 6.20. The summed E-state index contributed by atoms with van der Waals surface area (Å²) in [6.45, 7) is 1.29. The highest BCUT2D eigenvalue weighted by molar-refractivity contribution is 5.94. The van der Waals surface area contributed by atoms with Crippen molar-refractivity contribution in [3.8, 4) is 5.75 Å². The van der Waals surface area contributed by atoms with Crippen molar-refractivity contribution in [2.45, 2.75) is 25.2 Å². The van der Waals surface area contributed by atoms with E-state index < -0.39 is 0 Å². The monoisotopic (exact) mass is 359 g/mol. The summed E-state index contributed by atoms with van der Waals surface area (Å²) in [6, 6.07) is 12.9. The fourth-order valence-electron chi connectivity index (χ4n) is 2.91. The minimum Gasteiger partial charge on any atom is -0.489 e. The van der Waals surface area contributed by atoms with Crippen LogP contribution in [0.5, 0.6) is 5.75 Å². The largest absolute Gasteiger partial charge is 0.489 e. The Balaban J connectivity index is 1.61. The molecule has 1 aliphatic heterocycles. The molecular weight excluding hydrogens is 337 g/mol. The SMILES string of the molecule is CO[C@@H]1CCOC[C@H]1NC(=O)c1cccc(OCc2cccc(F)c2)c1. The Bertz CT molecular complexity index is 752. The predicted molar refractivity (Wildman–Crippen MR) is 94.7 cm³/mol. The van der Waals surface area contributed by atoms with Crippen molar-refractivity contribution in [2.24, 2.45) is 0 Å². The van der Waals surface area contributed by atoms with E-state index in [0.717, 1.165) is 12.0 Å². The first-order valence-electron chi connectivity index (χ1n) is 8.54. The maximum Gasteiger partial charge on any atom is 0.251 e. The summed E-state index contributed by atoms with van der Waals surface area (Å²) in [5.41, 5.74) is 1.21. The zero-order valence-corrected chi connectivity index (χ0v) is 14.6. The van der Waals surface area contributed by atoms with E-state index in [0.29, 0.717) is 24.5 Å². The third-order valence-corrected chi connectivity index (χ3v) is 4.30. The van der Waals surface area contributed by atoms with Crippen molar-refractivity contribution in [1.82, 2.24) is 5.32 Å². The van der Waals surface area contributed by atoms with Gasteiger partial charge in [-0.05, 0) is 42.3 Å². The van der Waals surface area contributed by atoms with Crippen LogP contribution >= 0.6 is 0 Å². The van der Waals surface area contributed by atoms with Gasteiger partial charge in [-0.15, -0.1) is 0 Å². The zero-order valence-electron chi connectivity index (χ0n) is 14.6. The molecule has 1 fully saturated rings. The number of hydrogen-bond donors (Lipinski definition) is 1. The van der Waals surface area contributed by atoms with Crippen LogP contribution in [0, 0.1) is 5.82 Å². The number of carbonyl (C=O) groups is 1. The summed E-state index contributed by atoms with van der Waals surface area (Å²) in [5.74, 6) is 0.0329. The molecule has 26 heavy (non-hydrogen) atoms. The number of amides is 1. The minimum absolute atomic E-state index is 0.0555. The van der Waals surface area contributed by atoms with Crippen LogP contribution in [0.3, 0.4) is 0 Å². The fourth-order valence-corrected chi connectivity index (χ4v) is 2.91. The van der Waals surface area contributed by atoms with Gasteiger partial charge in [-0.2, -0.15) is 0 Å². The van der Waals surface area contributed by atoms with E-state index >= 15 is 0 Å². The normalized spacial score (nSPS) is 19.8. The van der Waals surface area contributed by atoms with Gasteiger partial charge in [0.05, 0.1) is 18.8 Å². The molecule has 2 aromatic rings. The topological polar surface area (TPSA) is 56.8 Å². The maximum absolute atomic E-state index is 13.2. The molecular formula is C20H22FNO4. The van der Waals surface area contributed by atoms with E-state index in [2.05, 4.69) is 5.32 Å². The first kappa shape index (κ1) is 18.4. The maximum atomic E-state index is 13.2. The van der Waals surface area contributed by atoms with Gasteiger partial charge in [-0.25, -0.2) is 4.39 Å². The van der Waals surface area contributed by atoms with Crippen molar-refractivity contribution in [3.63, 3.8) is 0 Å². The average Bonchev–Trinajstić information content (AvgIpc) is 2.67. The molecule has 1 saturated heterocycles. The molecule has 0 unspecified atom stereocenters. The summed E-state index contributed by atoms with van der Waals surface area (Å²) >= 11 is 0. The summed E-state index contributed by atoms with van der Waals surface area (Å²) in [4.78, 5) is 12.5. The van der Waals surface area contributed by atoms with Crippen molar-refractivity contribution >= 4 is 5.91 Å². The van der Waals surface area contributed by atoms with E-state index in [4.69, 9.17) is 14.2 Å². The van der Waals surface area contributed by atoms with Crippen molar-refractivity contribution < 1.29 is 23.4 Å². The lowest BCUT2D eigenvalue weighted by Gasteiger charge is -2.31. The van der Waals surface area contributed by atoms with Crippen LogP contribution in [0.25, 0.3) is 0 Å². The van der Waals surface area contributed by atoms with Crippen LogP contribution in [0.2, 0.25) is 0 Å². The van der Waals surface area contributed by atoms with Crippen LogP contribution in [0.15, 0.2) is 48.5 Å². The van der Waals surface area contributed by atoms with Crippen molar-refractivity contribution in [3.05, 3.63) is 65.5 Å². The lowest BCUT2D eigenvalue weighted by Crippen LogP contribution is -2.50. The zero-order chi connectivity index (χ0) is 18.4. The number of hydrogen-bond acceptors (Lipinski definition) is 4. The van der Waals surface area contributed by atoms with Crippen LogP contribution in [0.4, 0.5) is 4.39 Å². The molecule has 5 nitrogen and oxygen atoms in total. The van der Waals surface area contributed by atoms with E-state index in [-0.39, 0.29) is 30.5 Å². The third-order valence-electron chi connectivity index (χ3n) is 4.30. The smallest absolute Gasteiger partial charge is 0.251 e. The van der Waals surface area contributed by atoms with Crippen LogP contribution in [-0.4, -0.2) is 38.4 Å². The molecule has 0 aromatic heterocycles. The van der Waals surface area contributed by atoms with Crippen LogP contribution in [-0.2, 0) is 16.1 Å². The number of methoxy groups -OCH3 is 1. The predicted octanol–water partition coefficient (Wildman–Crippen LogP) is 2.94. The Hall–Kier alpha value is -2.44. The Morgan fingerprint density at radius 3 is 2.92 bits per heavy atom. The molecule has 1 amide bonds. The molecule has 0 spiro atoms. The highest BCUT2D eigenvalue weighted by Gasteiger charge is 2.27. The highest BCUT2D eigenvalue weighted by Crippen LogP contribution is 2.17. The minimum atomic E-state index is -0.304. The van der Waals surface area contributed by atoms with Gasteiger partial charge < -0.3 is 19.5 Å². The second-order valence-electron chi connectivity index (χ2n) is 6.16. The molecule has 3 rings (SSSR count). The number of carbonyl (C=O) groups excluding carboxylic acids is 1. The van der Waals surface area contributed by atoms with Gasteiger partial charge in [-0.3, -0.25) is 4.79 Å². The molecule has 1 aliphatic rings. The number of halogens is 1. The van der Waals surface area contributed by atoms with Gasteiger partial charge in [0, 0.05) is 19.3 Å². The molecule has 2 atom stereocenters. The number of benzene rings is 2. The molecule has 2 aromatic carbocycles. The van der Waals surface area contributed by atoms with Crippen molar-refractivity contribution in [2.75, 3.05) is 20.3 Å². The molecule has 138 valence electrons. The Morgan fingerprint density at radius 2 is 2.12 bits per heavy atom. The Labute approximate surface area is 152 Å². The van der Waals surface area contributed by atoms with Gasteiger partial charge in [0.1, 0.15) is 18.2 Å². The standard InChI is InChI=1S/C20H22FNO4/c1-24-19-8-9-25-13-18(19)22-20(23)15-5-3-7-17(11-15)26-12-14-4-2-6-16(21)10-14/h2-7,10-11,18-19H,8-9,12-13H2,1H3,(H,22,23)/t18-,19-/m1/s1. The van der Waals surface area contributed by atoms with E-state index in [1.807, 2.05) is 0 Å². The molecule has 0 radical (unpaired) electrons. The molecule has 6 heteroatoms. The third kappa shape index (κ3) is 4.80. The Morgan fingerprint density at radius 1 is 1.27 bits per heavy atom. The second kappa shape index (κ2) is 8.78. The second-order valence-corrected chi connectivity index (χ2v) is 6.16. The molecule has 1 heterocycles. The summed E-state index contributed by atoms with van der Waals surface area (Å²) in [7, 11) is 1.63. The molecule has 0 aliphatic carbocycles. The summed E-state index contributed by atoms with van der Waals surface area (Å²) < 4.78 is 29.7. The van der Waals surface area contributed by atoms with E-state index in [1.165, 1.54) is 12.1 Å². The van der Waals surface area contributed by atoms with Crippen LogP contribution < -0.4 is 10.1 Å². The molecule has 0 bridgehead atoms. The molecule has 1 N–H and O–H groups in total. The summed E-state index contributed by atoms with van der Waals surface area (Å²) in [6.07, 6.45) is 0.693. The summed E-state index contributed by atoms with van der Waals surface area (Å²) in [5, 5.41) is 2.95.